The fourth-order valence-corrected chi connectivity index (χ4v) is 8.96. The summed E-state index contributed by atoms with van der Waals surface area (Å²) in [6.45, 7) is 12.1. The molecule has 0 bridgehead atoms. The molecule has 0 aliphatic carbocycles. The van der Waals surface area contributed by atoms with Gasteiger partial charge in [0.15, 0.2) is 0 Å². The van der Waals surface area contributed by atoms with Crippen LogP contribution in [-0.4, -0.2) is 15.6 Å². The van der Waals surface area contributed by atoms with E-state index in [9.17, 15) is 5.48 Å². The molecule has 3 heterocycles. The standard InChI is InChI=1S/C62H48F2N4O.Pt/c1-61(2,3)44-25-23-40(24-26-44)42-33-48(37-50(34-42)69-49-27-28-54-53-17-10-11-20-55(53)68(58(54)38-49)59-35-45(29-30-65-59)62(4,5)6)66-39-67(57-22-13-12-21-56(57)66)60-51(41-15-8-7-9-16-41)18-14-19-52(60)43-31-46(63)36-47(64)32-43;/h7-36H,1-6H3;/q;+2/i23D,24D,25D,26D;. The summed E-state index contributed by atoms with van der Waals surface area (Å²) in [7, 11) is 0. The first-order valence-corrected chi connectivity index (χ1v) is 22.8. The van der Waals surface area contributed by atoms with Gasteiger partial charge in [-0.05, 0) is 91.1 Å². The largest absolute Gasteiger partial charge is 2.00 e. The summed E-state index contributed by atoms with van der Waals surface area (Å²) in [6, 6.07) is 56.0. The van der Waals surface area contributed by atoms with Gasteiger partial charge in [0.2, 0.25) is 5.69 Å². The Hall–Kier alpha value is -7.56. The Morgan fingerprint density at radius 2 is 1.23 bits per heavy atom. The van der Waals surface area contributed by atoms with Crippen molar-refractivity contribution in [3.8, 4) is 50.7 Å². The SMILES string of the molecule is [2H]c1c([2H])c(C(C)(C)C)c([2H])c([2H])c1-c1cc(Oc2[c-]c3c(cc2)c2ccccc2n3-c2cc(C(C)(C)C)ccn2)[c-]c([N+]2=C=[N+](c3c(-c4ccccc4)cccc3-c3cc(F)cc(F)c3)c3ccccc32)c1.[Pt+2]. The van der Waals surface area contributed by atoms with Crippen LogP contribution in [0.3, 0.4) is 0 Å². The number of aromatic nitrogens is 2. The number of hydrogen-bond acceptors (Lipinski definition) is 2. The molecule has 0 saturated carbocycles. The van der Waals surface area contributed by atoms with Crippen LogP contribution >= 0.6 is 0 Å². The first kappa shape index (κ1) is 41.4. The third kappa shape index (κ3) is 8.61. The molecule has 8 aromatic carbocycles. The number of fused-ring (bicyclic) bond motifs is 4. The van der Waals surface area contributed by atoms with E-state index in [1.165, 1.54) is 12.1 Å². The zero-order chi connectivity index (χ0) is 51.1. The second-order valence-electron chi connectivity index (χ2n) is 19.3. The summed E-state index contributed by atoms with van der Waals surface area (Å²) in [4.78, 5) is 4.84. The van der Waals surface area contributed by atoms with Gasteiger partial charge in [-0.3, -0.25) is 0 Å². The van der Waals surface area contributed by atoms with Gasteiger partial charge in [0.25, 0.3) is 11.4 Å². The van der Waals surface area contributed by atoms with E-state index in [-0.39, 0.29) is 62.0 Å². The van der Waals surface area contributed by atoms with Crippen molar-refractivity contribution >= 4 is 50.6 Å². The molecule has 0 amide bonds. The van der Waals surface area contributed by atoms with Gasteiger partial charge < -0.3 is 9.30 Å². The Morgan fingerprint density at radius 3 is 1.94 bits per heavy atom. The van der Waals surface area contributed by atoms with Crippen molar-refractivity contribution in [1.82, 2.24) is 18.7 Å². The molecular formula is C62H48F2N4OPt+2. The molecule has 0 unspecified atom stereocenters. The maximum atomic E-state index is 15.1. The van der Waals surface area contributed by atoms with Crippen LogP contribution in [0, 0.1) is 23.8 Å². The molecule has 11 rings (SSSR count). The van der Waals surface area contributed by atoms with Crippen LogP contribution in [0.25, 0.3) is 61.0 Å². The first-order chi connectivity index (χ1) is 34.9. The molecule has 0 N–H and O–H groups in total. The Labute approximate surface area is 427 Å². The van der Waals surface area contributed by atoms with Crippen LogP contribution in [0.4, 0.5) is 31.5 Å². The summed E-state index contributed by atoms with van der Waals surface area (Å²) in [5, 5.41) is 1.96. The van der Waals surface area contributed by atoms with Crippen molar-refractivity contribution in [3.63, 3.8) is 0 Å². The molecule has 0 atom stereocenters. The Balaban J connectivity index is 0.00000626. The average Bonchev–Trinajstić information content (AvgIpc) is 3.91. The van der Waals surface area contributed by atoms with Crippen molar-refractivity contribution in [1.29, 1.82) is 0 Å². The predicted octanol–water partition coefficient (Wildman–Crippen LogP) is 16.3. The first-order valence-electron chi connectivity index (χ1n) is 24.8. The van der Waals surface area contributed by atoms with Crippen molar-refractivity contribution in [3.05, 3.63) is 217 Å². The van der Waals surface area contributed by atoms with Crippen LogP contribution in [0.2, 0.25) is 0 Å². The molecule has 10 aromatic rings. The molecule has 8 heteroatoms. The molecule has 0 saturated heterocycles. The number of ether oxygens (including phenoxy) is 1. The van der Waals surface area contributed by atoms with Crippen LogP contribution < -0.4 is 13.9 Å². The van der Waals surface area contributed by atoms with Crippen LogP contribution in [-0.2, 0) is 31.9 Å². The van der Waals surface area contributed by atoms with E-state index in [0.29, 0.717) is 50.8 Å². The Morgan fingerprint density at radius 1 is 0.571 bits per heavy atom. The average molecular weight is 1100 g/mol. The normalized spacial score (nSPS) is 13.2. The van der Waals surface area contributed by atoms with Gasteiger partial charge >= 0.3 is 27.1 Å². The van der Waals surface area contributed by atoms with E-state index in [2.05, 4.69) is 61.7 Å². The van der Waals surface area contributed by atoms with Gasteiger partial charge in [0.1, 0.15) is 23.1 Å². The van der Waals surface area contributed by atoms with Crippen LogP contribution in [0.15, 0.2) is 182 Å². The van der Waals surface area contributed by atoms with E-state index in [4.69, 9.17) is 9.72 Å². The van der Waals surface area contributed by atoms with Crippen LogP contribution in [0.1, 0.15) is 58.2 Å². The zero-order valence-corrected chi connectivity index (χ0v) is 41.6. The fourth-order valence-electron chi connectivity index (χ4n) is 8.96. The van der Waals surface area contributed by atoms with Crippen LogP contribution in [0.5, 0.6) is 11.5 Å². The molecule has 1 aliphatic rings. The Kier molecular flexibility index (Phi) is 10.7. The summed E-state index contributed by atoms with van der Waals surface area (Å²) in [5.41, 5.74) is 7.64. The predicted molar refractivity (Wildman–Crippen MR) is 277 cm³/mol. The van der Waals surface area contributed by atoms with Gasteiger partial charge in [-0.25, -0.2) is 13.8 Å². The molecule has 0 spiro atoms. The number of rotatable bonds is 8. The number of benzene rings is 8. The van der Waals surface area contributed by atoms with Crippen molar-refractivity contribution in [2.75, 3.05) is 0 Å². The zero-order valence-electron chi connectivity index (χ0n) is 43.3. The monoisotopic (exact) mass is 1100 g/mol. The third-order valence-electron chi connectivity index (χ3n) is 12.4. The fraction of sp³-hybridized carbons (Fsp3) is 0.129. The molecule has 0 fully saturated rings. The number of halogens is 2. The van der Waals surface area contributed by atoms with Gasteiger partial charge in [0, 0.05) is 41.4 Å². The molecule has 5 nitrogen and oxygen atoms in total. The molecule has 344 valence electrons. The molecule has 0 radical (unpaired) electrons. The van der Waals surface area contributed by atoms with E-state index >= 15 is 8.78 Å². The number of hydrogen-bond donors (Lipinski definition) is 0. The maximum absolute atomic E-state index is 15.1. The minimum absolute atomic E-state index is 0. The molecule has 70 heavy (non-hydrogen) atoms. The number of para-hydroxylation sites is 4. The summed E-state index contributed by atoms with van der Waals surface area (Å²) >= 11 is 0. The molecule has 1 aliphatic heterocycles. The maximum Gasteiger partial charge on any atom is 2.00 e. The summed E-state index contributed by atoms with van der Waals surface area (Å²) in [5.74, 6) is -0.141. The number of pyridine rings is 1. The smallest absolute Gasteiger partial charge is 0.509 e. The topological polar surface area (TPSA) is 33.1 Å². The second kappa shape index (κ2) is 18.1. The van der Waals surface area contributed by atoms with E-state index in [1.807, 2.05) is 135 Å². The summed E-state index contributed by atoms with van der Waals surface area (Å²) in [6.07, 6.45) is 1.83. The molecular weight excluding hydrogens is 1050 g/mol. The van der Waals surface area contributed by atoms with Crippen molar-refractivity contribution < 1.29 is 40.1 Å². The third-order valence-corrected chi connectivity index (χ3v) is 12.4. The minimum Gasteiger partial charge on any atom is -0.509 e. The van der Waals surface area contributed by atoms with E-state index in [0.717, 1.165) is 50.4 Å². The van der Waals surface area contributed by atoms with Crippen molar-refractivity contribution in [2.24, 2.45) is 0 Å². The van der Waals surface area contributed by atoms with Gasteiger partial charge in [-0.15, -0.1) is 29.1 Å². The van der Waals surface area contributed by atoms with Gasteiger partial charge in [-0.1, -0.05) is 155 Å². The number of nitrogens with zero attached hydrogens (tertiary/aromatic N) is 4. The second-order valence-corrected chi connectivity index (χ2v) is 19.3. The minimum atomic E-state index is -0.713. The van der Waals surface area contributed by atoms with E-state index < -0.39 is 17.0 Å². The van der Waals surface area contributed by atoms with Gasteiger partial charge in [-0.2, -0.15) is 6.07 Å². The van der Waals surface area contributed by atoms with Crippen molar-refractivity contribution in [2.45, 2.75) is 52.4 Å². The van der Waals surface area contributed by atoms with Gasteiger partial charge in [0.05, 0.1) is 16.6 Å². The summed E-state index contributed by atoms with van der Waals surface area (Å²) < 4.78 is 79.9. The van der Waals surface area contributed by atoms with E-state index in [1.54, 1.807) is 16.7 Å². The molecule has 2 aromatic heterocycles. The quantitative estimate of drug-likeness (QED) is 0.112. The Bertz CT molecular complexity index is 3940.